The van der Waals surface area contributed by atoms with Gasteiger partial charge in [0, 0.05) is 43.8 Å². The topological polar surface area (TPSA) is 47.1 Å². The van der Waals surface area contributed by atoms with Gasteiger partial charge in [-0.05, 0) is 37.5 Å². The van der Waals surface area contributed by atoms with E-state index in [0.29, 0.717) is 0 Å². The molecule has 2 heterocycles. The van der Waals surface area contributed by atoms with Crippen LogP contribution in [0.15, 0.2) is 54.4 Å². The van der Waals surface area contributed by atoms with Crippen molar-refractivity contribution in [3.8, 4) is 0 Å². The Hall–Kier alpha value is -1.97. The van der Waals surface area contributed by atoms with Crippen LogP contribution < -0.4 is 5.73 Å². The predicted octanol–water partition coefficient (Wildman–Crippen LogP) is 2.42. The van der Waals surface area contributed by atoms with Crippen LogP contribution in [0.3, 0.4) is 0 Å². The van der Waals surface area contributed by atoms with E-state index in [0.717, 1.165) is 25.2 Å². The fourth-order valence-electron chi connectivity index (χ4n) is 3.09. The third-order valence-electron chi connectivity index (χ3n) is 4.34. The van der Waals surface area contributed by atoms with E-state index in [9.17, 15) is 0 Å². The molecule has 4 nitrogen and oxygen atoms in total. The van der Waals surface area contributed by atoms with E-state index >= 15 is 0 Å². The summed E-state index contributed by atoms with van der Waals surface area (Å²) in [5.41, 5.74) is 8.42. The molecule has 0 spiro atoms. The van der Waals surface area contributed by atoms with Crippen molar-refractivity contribution in [2.24, 2.45) is 5.73 Å². The first-order valence-electron chi connectivity index (χ1n) is 7.26. The zero-order valence-electron chi connectivity index (χ0n) is 12.0. The van der Waals surface area contributed by atoms with Crippen molar-refractivity contribution in [3.63, 3.8) is 0 Å². The highest BCUT2D eigenvalue weighted by Crippen LogP contribution is 2.38. The summed E-state index contributed by atoms with van der Waals surface area (Å²) >= 11 is 0. The molecule has 1 aliphatic heterocycles. The second-order valence-corrected chi connectivity index (χ2v) is 5.83. The van der Waals surface area contributed by atoms with E-state index in [1.165, 1.54) is 18.4 Å². The molecule has 1 aromatic rings. The van der Waals surface area contributed by atoms with Crippen LogP contribution in [0.5, 0.6) is 0 Å². The van der Waals surface area contributed by atoms with Crippen LogP contribution in [0.25, 0.3) is 0 Å². The van der Waals surface area contributed by atoms with Crippen LogP contribution in [0.2, 0.25) is 0 Å². The first kappa shape index (κ1) is 13.0. The maximum Gasteiger partial charge on any atom is 0.0945 e. The summed E-state index contributed by atoms with van der Waals surface area (Å²) in [6, 6.07) is 0. The number of nitrogens with two attached hydrogens (primary N) is 1. The molecule has 3 rings (SSSR count). The summed E-state index contributed by atoms with van der Waals surface area (Å²) in [7, 11) is 0. The maximum absolute atomic E-state index is 6.01. The molecule has 1 atom stereocenters. The molecule has 1 aromatic heterocycles. The van der Waals surface area contributed by atoms with Crippen molar-refractivity contribution in [2.75, 3.05) is 6.54 Å². The highest BCUT2D eigenvalue weighted by Gasteiger charge is 2.38. The zero-order chi connectivity index (χ0) is 14.0. The SMILES string of the molecule is CC12CC(N)=CC=C1C=CN2CCCCn1ccnc1. The lowest BCUT2D eigenvalue weighted by atomic mass is 9.84. The fourth-order valence-corrected chi connectivity index (χ4v) is 3.09. The van der Waals surface area contributed by atoms with Crippen molar-refractivity contribution in [3.05, 3.63) is 54.4 Å². The number of aromatic nitrogens is 2. The highest BCUT2D eigenvalue weighted by molar-refractivity contribution is 5.44. The lowest BCUT2D eigenvalue weighted by molar-refractivity contribution is 0.213. The molecule has 1 unspecified atom stereocenters. The average molecular weight is 270 g/mol. The van der Waals surface area contributed by atoms with E-state index in [1.54, 1.807) is 0 Å². The van der Waals surface area contributed by atoms with Gasteiger partial charge in [0.1, 0.15) is 0 Å². The Morgan fingerprint density at radius 3 is 2.95 bits per heavy atom. The van der Waals surface area contributed by atoms with Crippen molar-refractivity contribution < 1.29 is 0 Å². The Labute approximate surface area is 120 Å². The molecular weight excluding hydrogens is 248 g/mol. The maximum atomic E-state index is 6.01. The number of hydrogen-bond acceptors (Lipinski definition) is 3. The van der Waals surface area contributed by atoms with Gasteiger partial charge in [-0.3, -0.25) is 0 Å². The van der Waals surface area contributed by atoms with Gasteiger partial charge >= 0.3 is 0 Å². The van der Waals surface area contributed by atoms with Crippen LogP contribution >= 0.6 is 0 Å². The van der Waals surface area contributed by atoms with Gasteiger partial charge < -0.3 is 15.2 Å². The van der Waals surface area contributed by atoms with Gasteiger partial charge in [0.05, 0.1) is 11.9 Å². The second kappa shape index (κ2) is 5.19. The van der Waals surface area contributed by atoms with Gasteiger partial charge in [-0.1, -0.05) is 6.08 Å². The zero-order valence-corrected chi connectivity index (χ0v) is 12.0. The molecule has 20 heavy (non-hydrogen) atoms. The third-order valence-corrected chi connectivity index (χ3v) is 4.34. The minimum absolute atomic E-state index is 0.0633. The molecule has 106 valence electrons. The number of imidazole rings is 1. The number of hydrogen-bond donors (Lipinski definition) is 1. The standard InChI is InChI=1S/C16H22N4/c1-16-12-15(17)5-4-14(16)6-10-20(16)9-3-2-8-19-11-7-18-13-19/h4-7,10-11,13H,2-3,8-9,12,17H2,1H3. The second-order valence-electron chi connectivity index (χ2n) is 5.83. The number of nitrogens with zero attached hydrogens (tertiary/aromatic N) is 3. The molecule has 0 saturated heterocycles. The van der Waals surface area contributed by atoms with Crippen molar-refractivity contribution in [1.29, 1.82) is 0 Å². The molecule has 0 saturated carbocycles. The van der Waals surface area contributed by atoms with Crippen molar-refractivity contribution in [2.45, 2.75) is 38.3 Å². The van der Waals surface area contributed by atoms with Crippen molar-refractivity contribution >= 4 is 0 Å². The molecule has 0 fully saturated rings. The molecular formula is C16H22N4. The average Bonchev–Trinajstić information content (AvgIpc) is 3.02. The lowest BCUT2D eigenvalue weighted by Gasteiger charge is -2.39. The quantitative estimate of drug-likeness (QED) is 0.836. The van der Waals surface area contributed by atoms with Gasteiger partial charge in [0.2, 0.25) is 0 Å². The van der Waals surface area contributed by atoms with Crippen molar-refractivity contribution in [1.82, 2.24) is 14.5 Å². The summed E-state index contributed by atoms with van der Waals surface area (Å²) < 4.78 is 2.13. The van der Waals surface area contributed by atoms with Crippen LogP contribution in [0.4, 0.5) is 0 Å². The normalized spacial score (nSPS) is 24.6. The number of unbranched alkanes of at least 4 members (excludes halogenated alkanes) is 1. The monoisotopic (exact) mass is 270 g/mol. The predicted molar refractivity (Wildman–Crippen MR) is 80.7 cm³/mol. The summed E-state index contributed by atoms with van der Waals surface area (Å²) in [6.07, 6.45) is 17.6. The van der Waals surface area contributed by atoms with E-state index < -0.39 is 0 Å². The van der Waals surface area contributed by atoms with E-state index in [-0.39, 0.29) is 5.54 Å². The largest absolute Gasteiger partial charge is 0.402 e. The minimum Gasteiger partial charge on any atom is -0.402 e. The molecule has 0 aromatic carbocycles. The summed E-state index contributed by atoms with van der Waals surface area (Å²) in [5, 5.41) is 0. The van der Waals surface area contributed by atoms with E-state index in [2.05, 4.69) is 39.7 Å². The molecule has 2 N–H and O–H groups in total. The molecule has 1 aliphatic carbocycles. The Morgan fingerprint density at radius 1 is 1.30 bits per heavy atom. The van der Waals surface area contributed by atoms with Crippen LogP contribution in [-0.2, 0) is 6.54 Å². The fraction of sp³-hybridized carbons (Fsp3) is 0.438. The molecule has 4 heteroatoms. The van der Waals surface area contributed by atoms with Gasteiger partial charge in [0.15, 0.2) is 0 Å². The number of aryl methyl sites for hydroxylation is 1. The first-order valence-corrected chi connectivity index (χ1v) is 7.26. The molecule has 2 aliphatic rings. The van der Waals surface area contributed by atoms with Gasteiger partial charge in [-0.2, -0.15) is 0 Å². The van der Waals surface area contributed by atoms with Gasteiger partial charge in [-0.25, -0.2) is 4.98 Å². The van der Waals surface area contributed by atoms with Crippen LogP contribution in [0.1, 0.15) is 26.2 Å². The van der Waals surface area contributed by atoms with Gasteiger partial charge in [0.25, 0.3) is 0 Å². The van der Waals surface area contributed by atoms with E-state index in [4.69, 9.17) is 5.73 Å². The summed E-state index contributed by atoms with van der Waals surface area (Å²) in [4.78, 5) is 6.50. The number of fused-ring (bicyclic) bond motifs is 1. The van der Waals surface area contributed by atoms with Gasteiger partial charge in [-0.15, -0.1) is 0 Å². The number of allylic oxidation sites excluding steroid dienone is 2. The lowest BCUT2D eigenvalue weighted by Crippen LogP contribution is -2.43. The third kappa shape index (κ3) is 2.38. The Bertz CT molecular complexity index is 553. The Morgan fingerprint density at radius 2 is 2.15 bits per heavy atom. The number of rotatable bonds is 5. The summed E-state index contributed by atoms with van der Waals surface area (Å²) in [5.74, 6) is 0. The Balaban J connectivity index is 1.53. The van der Waals surface area contributed by atoms with Crippen LogP contribution in [-0.4, -0.2) is 26.5 Å². The molecule has 0 radical (unpaired) electrons. The minimum atomic E-state index is 0.0633. The summed E-state index contributed by atoms with van der Waals surface area (Å²) in [6.45, 7) is 4.40. The van der Waals surface area contributed by atoms with E-state index in [1.807, 2.05) is 24.8 Å². The molecule has 0 amide bonds. The molecule has 0 bridgehead atoms. The smallest absolute Gasteiger partial charge is 0.0945 e. The highest BCUT2D eigenvalue weighted by atomic mass is 15.2. The first-order chi connectivity index (χ1) is 9.68. The van der Waals surface area contributed by atoms with Crippen LogP contribution in [0, 0.1) is 0 Å². The Kier molecular flexibility index (Phi) is 3.38.